The van der Waals surface area contributed by atoms with Crippen LogP contribution in [-0.4, -0.2) is 26.3 Å². The molecule has 0 aliphatic heterocycles. The lowest BCUT2D eigenvalue weighted by Gasteiger charge is -2.12. The van der Waals surface area contributed by atoms with Crippen LogP contribution in [-0.2, 0) is 6.54 Å². The summed E-state index contributed by atoms with van der Waals surface area (Å²) in [6, 6.07) is 23.8. The molecule has 0 radical (unpaired) electrons. The van der Waals surface area contributed by atoms with Crippen molar-refractivity contribution in [2.75, 3.05) is 5.32 Å². The third-order valence-electron chi connectivity index (χ3n) is 6.03. The lowest BCUT2D eigenvalue weighted by molar-refractivity contribution is 0.0951. The van der Waals surface area contributed by atoms with Gasteiger partial charge in [-0.05, 0) is 54.8 Å². The molecular formula is C27H22ClN5O. The number of aromatic nitrogens is 3. The quantitative estimate of drug-likeness (QED) is 0.335. The number of rotatable bonds is 6. The predicted molar refractivity (Wildman–Crippen MR) is 135 cm³/mol. The summed E-state index contributed by atoms with van der Waals surface area (Å²) in [7, 11) is 0. The minimum atomic E-state index is -0.0191. The number of halogens is 1. The van der Waals surface area contributed by atoms with E-state index in [4.69, 9.17) is 21.6 Å². The van der Waals surface area contributed by atoms with E-state index in [1.54, 1.807) is 0 Å². The second-order valence-corrected chi connectivity index (χ2v) is 9.00. The fourth-order valence-corrected chi connectivity index (χ4v) is 4.34. The molecule has 168 valence electrons. The third-order valence-corrected chi connectivity index (χ3v) is 6.27. The van der Waals surface area contributed by atoms with Crippen LogP contribution in [0.1, 0.15) is 28.8 Å². The summed E-state index contributed by atoms with van der Waals surface area (Å²) in [6.07, 6.45) is 3.99. The average Bonchev–Trinajstić information content (AvgIpc) is 3.56. The van der Waals surface area contributed by atoms with Gasteiger partial charge >= 0.3 is 0 Å². The summed E-state index contributed by atoms with van der Waals surface area (Å²) in [5, 5.41) is 7.17. The first kappa shape index (κ1) is 20.7. The van der Waals surface area contributed by atoms with Crippen molar-refractivity contribution >= 4 is 40.0 Å². The smallest absolute Gasteiger partial charge is 0.251 e. The van der Waals surface area contributed by atoms with Crippen LogP contribution in [0.5, 0.6) is 0 Å². The number of imidazole rings is 1. The van der Waals surface area contributed by atoms with E-state index >= 15 is 0 Å². The number of carbonyl (C=O) groups is 1. The molecule has 2 aromatic heterocycles. The average molecular weight is 468 g/mol. The highest BCUT2D eigenvalue weighted by molar-refractivity contribution is 6.30. The number of nitrogens with zero attached hydrogens (tertiary/aromatic N) is 3. The van der Waals surface area contributed by atoms with Crippen molar-refractivity contribution in [2.24, 2.45) is 0 Å². The summed E-state index contributed by atoms with van der Waals surface area (Å²) in [5.41, 5.74) is 6.22. The molecule has 7 heteroatoms. The van der Waals surface area contributed by atoms with Crippen molar-refractivity contribution in [3.05, 3.63) is 95.1 Å². The normalized spacial score (nSPS) is 13.3. The maximum Gasteiger partial charge on any atom is 0.251 e. The molecule has 1 aliphatic carbocycles. The molecule has 0 atom stereocenters. The van der Waals surface area contributed by atoms with Crippen LogP contribution in [0.4, 0.5) is 5.82 Å². The molecular weight excluding hydrogens is 446 g/mol. The molecule has 34 heavy (non-hydrogen) atoms. The first-order valence-corrected chi connectivity index (χ1v) is 11.7. The number of anilines is 1. The SMILES string of the molecule is O=C(NC1CC1)c1ccc(-c2cnc3c(NCc4cccc(Cl)c4)nc4ccccc4n23)cc1. The number of fused-ring (bicyclic) bond motifs is 3. The lowest BCUT2D eigenvalue weighted by atomic mass is 10.1. The maximum atomic E-state index is 12.4. The van der Waals surface area contributed by atoms with E-state index in [1.807, 2.05) is 79.0 Å². The molecule has 1 fully saturated rings. The zero-order valence-corrected chi connectivity index (χ0v) is 19.1. The van der Waals surface area contributed by atoms with Crippen LogP contribution in [0, 0.1) is 0 Å². The first-order valence-electron chi connectivity index (χ1n) is 11.3. The minimum absolute atomic E-state index is 0.0191. The van der Waals surface area contributed by atoms with Crippen LogP contribution in [0.2, 0.25) is 5.02 Å². The van der Waals surface area contributed by atoms with Gasteiger partial charge in [-0.15, -0.1) is 0 Å². The Labute approximate surface area is 201 Å². The second-order valence-electron chi connectivity index (χ2n) is 8.56. The van der Waals surface area contributed by atoms with Crippen molar-refractivity contribution in [1.82, 2.24) is 19.7 Å². The second kappa shape index (κ2) is 8.47. The van der Waals surface area contributed by atoms with Gasteiger partial charge in [0.2, 0.25) is 0 Å². The van der Waals surface area contributed by atoms with E-state index in [2.05, 4.69) is 15.0 Å². The highest BCUT2D eigenvalue weighted by atomic mass is 35.5. The number of nitrogens with one attached hydrogen (secondary N) is 2. The molecule has 5 aromatic rings. The molecule has 3 aromatic carbocycles. The number of carbonyl (C=O) groups excluding carboxylic acids is 1. The van der Waals surface area contributed by atoms with Crippen LogP contribution in [0.3, 0.4) is 0 Å². The van der Waals surface area contributed by atoms with Crippen LogP contribution < -0.4 is 10.6 Å². The van der Waals surface area contributed by atoms with Gasteiger partial charge in [-0.2, -0.15) is 0 Å². The monoisotopic (exact) mass is 467 g/mol. The highest BCUT2D eigenvalue weighted by Gasteiger charge is 2.23. The molecule has 1 aliphatic rings. The molecule has 0 saturated heterocycles. The zero-order valence-electron chi connectivity index (χ0n) is 18.3. The molecule has 0 unspecified atom stereocenters. The Bertz CT molecular complexity index is 1520. The van der Waals surface area contributed by atoms with Crippen molar-refractivity contribution in [1.29, 1.82) is 0 Å². The summed E-state index contributed by atoms with van der Waals surface area (Å²) in [6.45, 7) is 0.578. The van der Waals surface area contributed by atoms with E-state index in [0.717, 1.165) is 46.3 Å². The van der Waals surface area contributed by atoms with E-state index in [-0.39, 0.29) is 5.91 Å². The van der Waals surface area contributed by atoms with E-state index < -0.39 is 0 Å². The van der Waals surface area contributed by atoms with Gasteiger partial charge in [-0.3, -0.25) is 9.20 Å². The van der Waals surface area contributed by atoms with Gasteiger partial charge in [0.05, 0.1) is 22.9 Å². The fourth-order valence-electron chi connectivity index (χ4n) is 4.12. The molecule has 0 bridgehead atoms. The molecule has 6 rings (SSSR count). The van der Waals surface area contributed by atoms with Gasteiger partial charge in [-0.1, -0.05) is 48.0 Å². The van der Waals surface area contributed by atoms with Gasteiger partial charge in [0.1, 0.15) is 0 Å². The molecule has 1 amide bonds. The van der Waals surface area contributed by atoms with Gasteiger partial charge < -0.3 is 10.6 Å². The van der Waals surface area contributed by atoms with Gasteiger partial charge in [-0.25, -0.2) is 9.97 Å². The summed E-state index contributed by atoms with van der Waals surface area (Å²) >= 11 is 6.14. The summed E-state index contributed by atoms with van der Waals surface area (Å²) < 4.78 is 2.11. The van der Waals surface area contributed by atoms with Crippen LogP contribution in [0.15, 0.2) is 79.0 Å². The number of amides is 1. The Morgan fingerprint density at radius 2 is 1.85 bits per heavy atom. The van der Waals surface area contributed by atoms with Gasteiger partial charge in [0, 0.05) is 28.7 Å². The molecule has 0 spiro atoms. The Balaban J connectivity index is 1.39. The van der Waals surface area contributed by atoms with E-state index in [1.165, 1.54) is 0 Å². The van der Waals surface area contributed by atoms with Crippen molar-refractivity contribution in [3.8, 4) is 11.3 Å². The van der Waals surface area contributed by atoms with Crippen molar-refractivity contribution in [2.45, 2.75) is 25.4 Å². The fraction of sp³-hybridized carbons (Fsp3) is 0.148. The van der Waals surface area contributed by atoms with E-state index in [9.17, 15) is 4.79 Å². The number of hydrogen-bond donors (Lipinski definition) is 2. The minimum Gasteiger partial charge on any atom is -0.363 e. The Morgan fingerprint density at radius 1 is 1.03 bits per heavy atom. The van der Waals surface area contributed by atoms with Crippen molar-refractivity contribution < 1.29 is 4.79 Å². The molecule has 6 nitrogen and oxygen atoms in total. The largest absolute Gasteiger partial charge is 0.363 e. The molecule has 2 heterocycles. The number of hydrogen-bond acceptors (Lipinski definition) is 4. The zero-order chi connectivity index (χ0) is 23.1. The van der Waals surface area contributed by atoms with Crippen LogP contribution in [0.25, 0.3) is 27.9 Å². The summed E-state index contributed by atoms with van der Waals surface area (Å²) in [4.78, 5) is 21.9. The number of para-hydroxylation sites is 2. The first-order chi connectivity index (χ1) is 16.7. The highest BCUT2D eigenvalue weighted by Crippen LogP contribution is 2.29. The lowest BCUT2D eigenvalue weighted by Crippen LogP contribution is -2.25. The van der Waals surface area contributed by atoms with E-state index in [0.29, 0.717) is 29.0 Å². The third kappa shape index (κ3) is 3.97. The predicted octanol–water partition coefficient (Wildman–Crippen LogP) is 5.71. The Morgan fingerprint density at radius 3 is 2.65 bits per heavy atom. The van der Waals surface area contributed by atoms with Crippen molar-refractivity contribution in [3.63, 3.8) is 0 Å². The van der Waals surface area contributed by atoms with Gasteiger partial charge in [0.15, 0.2) is 11.5 Å². The molecule has 1 saturated carbocycles. The number of benzene rings is 3. The van der Waals surface area contributed by atoms with Crippen LogP contribution >= 0.6 is 11.6 Å². The maximum absolute atomic E-state index is 12.4. The van der Waals surface area contributed by atoms with Gasteiger partial charge in [0.25, 0.3) is 5.91 Å². The molecule has 2 N–H and O–H groups in total. The Kier molecular flexibility index (Phi) is 5.15. The summed E-state index contributed by atoms with van der Waals surface area (Å²) in [5.74, 6) is 0.680. The standard InChI is InChI=1S/C27H22ClN5O/c28-20-5-3-4-17(14-20)15-29-25-26-30-16-24(33(26)23-7-2-1-6-22(23)32-25)18-8-10-19(11-9-18)27(34)31-21-12-13-21/h1-11,14,16,21H,12-13,15H2,(H,29,32)(H,31,34). The topological polar surface area (TPSA) is 71.3 Å². The Hall–Kier alpha value is -3.90.